The third-order valence-electron chi connectivity index (χ3n) is 1.61. The lowest BCUT2D eigenvalue weighted by Gasteiger charge is -1.93. The van der Waals surface area contributed by atoms with Crippen LogP contribution < -0.4 is 5.73 Å². The molecule has 3 nitrogen and oxygen atoms in total. The van der Waals surface area contributed by atoms with Crippen LogP contribution in [0.3, 0.4) is 0 Å². The topological polar surface area (TPSA) is 58.9 Å². The van der Waals surface area contributed by atoms with E-state index >= 15 is 0 Å². The van der Waals surface area contributed by atoms with E-state index in [0.29, 0.717) is 5.69 Å². The Kier molecular flexibility index (Phi) is 2.10. The summed E-state index contributed by atoms with van der Waals surface area (Å²) in [6.07, 6.45) is 0. The molecule has 0 aromatic carbocycles. The molecule has 0 aliphatic rings. The van der Waals surface area contributed by atoms with E-state index in [4.69, 9.17) is 5.73 Å². The Labute approximate surface area is 65.6 Å². The van der Waals surface area contributed by atoms with Crippen molar-refractivity contribution in [1.29, 1.82) is 0 Å². The van der Waals surface area contributed by atoms with Gasteiger partial charge >= 0.3 is 0 Å². The molecule has 0 fully saturated rings. The molecule has 60 valence electrons. The Morgan fingerprint density at radius 3 is 2.64 bits per heavy atom. The van der Waals surface area contributed by atoms with Crippen molar-refractivity contribution in [2.45, 2.75) is 13.8 Å². The summed E-state index contributed by atoms with van der Waals surface area (Å²) in [6.45, 7) is 3.88. The average molecular weight is 152 g/mol. The Balaban J connectivity index is 3.03. The van der Waals surface area contributed by atoms with Gasteiger partial charge in [0, 0.05) is 5.69 Å². The van der Waals surface area contributed by atoms with Crippen LogP contribution in [-0.4, -0.2) is 17.3 Å². The standard InChI is InChI=1S/C8H12N2O/c1-5-3-6(2)10-8(5)7(11)4-9/h3,10H,4,9H2,1-2H3. The van der Waals surface area contributed by atoms with Crippen LogP contribution in [0.4, 0.5) is 0 Å². The molecule has 0 spiro atoms. The summed E-state index contributed by atoms with van der Waals surface area (Å²) in [5, 5.41) is 0. The highest BCUT2D eigenvalue weighted by Crippen LogP contribution is 2.08. The van der Waals surface area contributed by atoms with Crippen molar-refractivity contribution >= 4 is 5.78 Å². The van der Waals surface area contributed by atoms with Crippen molar-refractivity contribution in [3.05, 3.63) is 23.0 Å². The molecule has 0 aliphatic heterocycles. The molecule has 3 N–H and O–H groups in total. The molecule has 1 aromatic heterocycles. The van der Waals surface area contributed by atoms with Crippen molar-refractivity contribution in [3.8, 4) is 0 Å². The summed E-state index contributed by atoms with van der Waals surface area (Å²) < 4.78 is 0. The number of aromatic amines is 1. The molecule has 0 saturated carbocycles. The second-order valence-electron chi connectivity index (χ2n) is 2.64. The first-order valence-electron chi connectivity index (χ1n) is 3.54. The SMILES string of the molecule is Cc1cc(C)c(C(=O)CN)[nH]1. The van der Waals surface area contributed by atoms with Crippen LogP contribution in [0.15, 0.2) is 6.07 Å². The molecule has 3 heteroatoms. The fourth-order valence-corrected chi connectivity index (χ4v) is 1.12. The van der Waals surface area contributed by atoms with E-state index < -0.39 is 0 Å². The molecule has 0 aliphatic carbocycles. The lowest BCUT2D eigenvalue weighted by molar-refractivity contribution is 0.0996. The number of Topliss-reactive ketones (excluding diaryl/α,β-unsaturated/α-hetero) is 1. The number of aromatic nitrogens is 1. The van der Waals surface area contributed by atoms with E-state index in [1.165, 1.54) is 0 Å². The summed E-state index contributed by atoms with van der Waals surface area (Å²) in [5.41, 5.74) is 7.83. The van der Waals surface area contributed by atoms with Crippen molar-refractivity contribution in [3.63, 3.8) is 0 Å². The van der Waals surface area contributed by atoms with Crippen LogP contribution in [0.1, 0.15) is 21.7 Å². The number of carbonyl (C=O) groups is 1. The Morgan fingerprint density at radius 1 is 1.64 bits per heavy atom. The van der Waals surface area contributed by atoms with Gasteiger partial charge < -0.3 is 10.7 Å². The number of hydrogen-bond acceptors (Lipinski definition) is 2. The number of hydrogen-bond donors (Lipinski definition) is 2. The number of aryl methyl sites for hydroxylation is 2. The van der Waals surface area contributed by atoms with E-state index in [-0.39, 0.29) is 12.3 Å². The van der Waals surface area contributed by atoms with Crippen LogP contribution in [0.5, 0.6) is 0 Å². The van der Waals surface area contributed by atoms with Crippen LogP contribution in [0.2, 0.25) is 0 Å². The Hall–Kier alpha value is -1.09. The number of carbonyl (C=O) groups excluding carboxylic acids is 1. The van der Waals surface area contributed by atoms with Gasteiger partial charge in [-0.3, -0.25) is 4.79 Å². The summed E-state index contributed by atoms with van der Waals surface area (Å²) in [6, 6.07) is 1.93. The van der Waals surface area contributed by atoms with Gasteiger partial charge in [-0.05, 0) is 25.5 Å². The van der Waals surface area contributed by atoms with Gasteiger partial charge in [-0.25, -0.2) is 0 Å². The molecule has 0 unspecified atom stereocenters. The highest BCUT2D eigenvalue weighted by molar-refractivity contribution is 5.97. The normalized spacial score (nSPS) is 10.1. The molecule has 0 amide bonds. The predicted octanol–water partition coefficient (Wildman–Crippen LogP) is 0.773. The monoisotopic (exact) mass is 152 g/mol. The lowest BCUT2D eigenvalue weighted by Crippen LogP contribution is -2.14. The first kappa shape index (κ1) is 8.01. The molecule has 0 atom stereocenters. The van der Waals surface area contributed by atoms with E-state index in [2.05, 4.69) is 4.98 Å². The number of H-pyrrole nitrogens is 1. The molecule has 1 aromatic rings. The minimum atomic E-state index is -0.0319. The van der Waals surface area contributed by atoms with Crippen LogP contribution in [0.25, 0.3) is 0 Å². The molecule has 1 rings (SSSR count). The first-order valence-corrected chi connectivity index (χ1v) is 3.54. The molecule has 0 saturated heterocycles. The Bertz CT molecular complexity index is 276. The molecular formula is C8H12N2O. The summed E-state index contributed by atoms with van der Waals surface area (Å²) in [5.74, 6) is -0.0319. The van der Waals surface area contributed by atoms with Gasteiger partial charge in [-0.15, -0.1) is 0 Å². The summed E-state index contributed by atoms with van der Waals surface area (Å²) >= 11 is 0. The zero-order chi connectivity index (χ0) is 8.43. The van der Waals surface area contributed by atoms with Gasteiger partial charge in [0.15, 0.2) is 5.78 Å². The zero-order valence-corrected chi connectivity index (χ0v) is 6.77. The third kappa shape index (κ3) is 1.49. The van der Waals surface area contributed by atoms with Crippen molar-refractivity contribution in [2.75, 3.05) is 6.54 Å². The van der Waals surface area contributed by atoms with Crippen LogP contribution in [0, 0.1) is 13.8 Å². The molecule has 0 bridgehead atoms. The van der Waals surface area contributed by atoms with Gasteiger partial charge in [0.25, 0.3) is 0 Å². The van der Waals surface area contributed by atoms with Crippen LogP contribution >= 0.6 is 0 Å². The first-order chi connectivity index (χ1) is 5.15. The van der Waals surface area contributed by atoms with E-state index in [1.54, 1.807) is 0 Å². The molecule has 1 heterocycles. The Morgan fingerprint density at radius 2 is 2.27 bits per heavy atom. The lowest BCUT2D eigenvalue weighted by atomic mass is 10.2. The fourth-order valence-electron chi connectivity index (χ4n) is 1.12. The zero-order valence-electron chi connectivity index (χ0n) is 6.77. The van der Waals surface area contributed by atoms with Gasteiger partial charge in [-0.2, -0.15) is 0 Å². The molecular weight excluding hydrogens is 140 g/mol. The number of nitrogens with one attached hydrogen (secondary N) is 1. The fraction of sp³-hybridized carbons (Fsp3) is 0.375. The van der Waals surface area contributed by atoms with Crippen molar-refractivity contribution < 1.29 is 4.79 Å². The largest absolute Gasteiger partial charge is 0.356 e. The maximum Gasteiger partial charge on any atom is 0.192 e. The van der Waals surface area contributed by atoms with Gasteiger partial charge in [0.05, 0.1) is 12.2 Å². The minimum Gasteiger partial charge on any atom is -0.356 e. The van der Waals surface area contributed by atoms with E-state index in [9.17, 15) is 4.79 Å². The highest BCUT2D eigenvalue weighted by Gasteiger charge is 2.08. The average Bonchev–Trinajstić information content (AvgIpc) is 2.28. The smallest absolute Gasteiger partial charge is 0.192 e. The predicted molar refractivity (Wildman–Crippen MR) is 43.7 cm³/mol. The van der Waals surface area contributed by atoms with Crippen molar-refractivity contribution in [2.24, 2.45) is 5.73 Å². The maximum atomic E-state index is 11.1. The van der Waals surface area contributed by atoms with Gasteiger partial charge in [0.1, 0.15) is 0 Å². The number of nitrogens with two attached hydrogens (primary N) is 1. The summed E-state index contributed by atoms with van der Waals surface area (Å²) in [7, 11) is 0. The number of ketones is 1. The van der Waals surface area contributed by atoms with E-state index in [0.717, 1.165) is 11.3 Å². The van der Waals surface area contributed by atoms with Gasteiger partial charge in [0.2, 0.25) is 0 Å². The number of rotatable bonds is 2. The third-order valence-corrected chi connectivity index (χ3v) is 1.61. The van der Waals surface area contributed by atoms with Crippen LogP contribution in [-0.2, 0) is 0 Å². The van der Waals surface area contributed by atoms with Crippen molar-refractivity contribution in [1.82, 2.24) is 4.98 Å². The second-order valence-corrected chi connectivity index (χ2v) is 2.64. The molecule has 0 radical (unpaired) electrons. The van der Waals surface area contributed by atoms with Gasteiger partial charge in [-0.1, -0.05) is 0 Å². The maximum absolute atomic E-state index is 11.1. The second kappa shape index (κ2) is 2.88. The molecule has 11 heavy (non-hydrogen) atoms. The summed E-state index contributed by atoms with van der Waals surface area (Å²) in [4.78, 5) is 14.1. The van der Waals surface area contributed by atoms with E-state index in [1.807, 2.05) is 19.9 Å². The quantitative estimate of drug-likeness (QED) is 0.615. The minimum absolute atomic E-state index is 0.0319. The highest BCUT2D eigenvalue weighted by atomic mass is 16.1.